The Kier molecular flexibility index (Phi) is 6.84. The van der Waals surface area contributed by atoms with Crippen LogP contribution in [0.25, 0.3) is 89.1 Å². The maximum atomic E-state index is 5.02. The third kappa shape index (κ3) is 4.76. The lowest BCUT2D eigenvalue weighted by molar-refractivity contribution is 0.796. The Hall–Kier alpha value is -7.49. The fourth-order valence-corrected chi connectivity index (χ4v) is 9.52. The van der Waals surface area contributed by atoms with Gasteiger partial charge in [0.1, 0.15) is 0 Å². The maximum absolute atomic E-state index is 5.02. The number of benzene rings is 9. The van der Waals surface area contributed by atoms with E-state index < -0.39 is 5.41 Å². The summed E-state index contributed by atoms with van der Waals surface area (Å²) in [5.74, 6) is 1.96. The molecule has 3 nitrogen and oxygen atoms in total. The zero-order chi connectivity index (χ0) is 37.5. The van der Waals surface area contributed by atoms with Crippen LogP contribution < -0.4 is 0 Å². The molecule has 12 rings (SSSR count). The van der Waals surface area contributed by atoms with Crippen LogP contribution in [-0.4, -0.2) is 15.0 Å². The van der Waals surface area contributed by atoms with E-state index >= 15 is 0 Å². The van der Waals surface area contributed by atoms with Gasteiger partial charge in [0.25, 0.3) is 0 Å². The van der Waals surface area contributed by atoms with Gasteiger partial charge < -0.3 is 0 Å². The zero-order valence-corrected chi connectivity index (χ0v) is 30.9. The molecule has 0 N–H and O–H groups in total. The largest absolute Gasteiger partial charge is 0.208 e. The van der Waals surface area contributed by atoms with Gasteiger partial charge in [-0.1, -0.05) is 164 Å². The van der Waals surface area contributed by atoms with E-state index in [1.54, 1.807) is 0 Å². The molecule has 0 fully saturated rings. The molecule has 2 aliphatic rings. The summed E-state index contributed by atoms with van der Waals surface area (Å²) < 4.78 is 0. The second-order valence-electron chi connectivity index (χ2n) is 15.2. The van der Waals surface area contributed by atoms with Gasteiger partial charge in [-0.3, -0.25) is 0 Å². The summed E-state index contributed by atoms with van der Waals surface area (Å²) in [4.78, 5) is 14.9. The van der Waals surface area contributed by atoms with Crippen molar-refractivity contribution >= 4 is 21.5 Å². The summed E-state index contributed by atoms with van der Waals surface area (Å²) in [5, 5.41) is 4.97. The van der Waals surface area contributed by atoms with Crippen molar-refractivity contribution in [3.63, 3.8) is 0 Å². The van der Waals surface area contributed by atoms with E-state index in [0.717, 1.165) is 27.8 Å². The van der Waals surface area contributed by atoms with Gasteiger partial charge in [0.15, 0.2) is 17.5 Å². The SMILES string of the molecule is c1ccc(-c2nc(-c3ccccc3)nc(-c3cccc(-c4ccc5cc6c(cc5c4)C4(c5ccccc5-c5ccccc54)c4cc5ccccc5cc4-6)c3)n2)cc1. The zero-order valence-electron chi connectivity index (χ0n) is 30.9. The summed E-state index contributed by atoms with van der Waals surface area (Å²) in [7, 11) is 0. The van der Waals surface area contributed by atoms with Gasteiger partial charge in [-0.2, -0.15) is 0 Å². The van der Waals surface area contributed by atoms with Gasteiger partial charge in [0.05, 0.1) is 5.41 Å². The molecule has 0 unspecified atom stereocenters. The highest BCUT2D eigenvalue weighted by Gasteiger charge is 2.51. The molecule has 0 amide bonds. The summed E-state index contributed by atoms with van der Waals surface area (Å²) in [6.07, 6.45) is 0. The number of aromatic nitrogens is 3. The van der Waals surface area contributed by atoms with E-state index in [9.17, 15) is 0 Å². The van der Waals surface area contributed by atoms with Crippen LogP contribution in [-0.2, 0) is 5.41 Å². The van der Waals surface area contributed by atoms with E-state index in [1.165, 1.54) is 66.1 Å². The minimum Gasteiger partial charge on any atom is -0.208 e. The summed E-state index contributed by atoms with van der Waals surface area (Å²) in [6, 6.07) is 72.4. The average Bonchev–Trinajstić information content (AvgIpc) is 3.74. The highest BCUT2D eigenvalue weighted by atomic mass is 15.0. The van der Waals surface area contributed by atoms with Gasteiger partial charge in [-0.05, 0) is 114 Å². The van der Waals surface area contributed by atoms with Crippen LogP contribution in [0.1, 0.15) is 22.3 Å². The topological polar surface area (TPSA) is 38.7 Å². The minimum atomic E-state index is -0.419. The third-order valence-electron chi connectivity index (χ3n) is 12.1. The van der Waals surface area contributed by atoms with Gasteiger partial charge in [-0.25, -0.2) is 15.0 Å². The smallest absolute Gasteiger partial charge is 0.164 e. The molecule has 0 saturated heterocycles. The van der Waals surface area contributed by atoms with Crippen molar-refractivity contribution in [1.82, 2.24) is 15.0 Å². The van der Waals surface area contributed by atoms with Crippen molar-refractivity contribution in [3.8, 4) is 67.5 Å². The first-order valence-corrected chi connectivity index (χ1v) is 19.5. The van der Waals surface area contributed by atoms with Gasteiger partial charge >= 0.3 is 0 Å². The Balaban J connectivity index is 1.04. The highest BCUT2D eigenvalue weighted by Crippen LogP contribution is 2.63. The Morgan fingerprint density at radius 2 is 0.684 bits per heavy atom. The van der Waals surface area contributed by atoms with Crippen molar-refractivity contribution in [1.29, 1.82) is 0 Å². The molecule has 0 radical (unpaired) electrons. The van der Waals surface area contributed by atoms with E-state index in [4.69, 9.17) is 15.0 Å². The Bertz CT molecular complexity index is 3140. The lowest BCUT2D eigenvalue weighted by Gasteiger charge is -2.30. The molecule has 2 aliphatic carbocycles. The predicted octanol–water partition coefficient (Wildman–Crippen LogP) is 13.2. The standard InChI is InChI=1S/C54H33N3/c1-3-14-34(15-4-1)51-55-52(35-16-5-2-6-17-35)57-53(56-51)41-21-13-20-36(28-41)39-26-27-40-31-46-45-30-37-18-7-8-19-38(37)32-49(45)54(50(46)33-42(40)29-39)47-24-11-9-22-43(47)44-23-10-12-25-48(44)54/h1-33H. The van der Waals surface area contributed by atoms with Gasteiger partial charge in [0, 0.05) is 16.7 Å². The highest BCUT2D eigenvalue weighted by molar-refractivity contribution is 6.03. The Morgan fingerprint density at radius 3 is 1.30 bits per heavy atom. The first-order valence-electron chi connectivity index (χ1n) is 19.5. The molecule has 1 spiro atoms. The summed E-state index contributed by atoms with van der Waals surface area (Å²) >= 11 is 0. The molecule has 0 atom stereocenters. The fourth-order valence-electron chi connectivity index (χ4n) is 9.52. The quantitative estimate of drug-likeness (QED) is 0.181. The van der Waals surface area contributed by atoms with Crippen LogP contribution in [0.3, 0.4) is 0 Å². The summed E-state index contributed by atoms with van der Waals surface area (Å²) in [5.41, 5.74) is 15.4. The monoisotopic (exact) mass is 723 g/mol. The number of rotatable bonds is 4. The fraction of sp³-hybridized carbons (Fsp3) is 0.0185. The number of nitrogens with zero attached hydrogens (tertiary/aromatic N) is 3. The molecule has 57 heavy (non-hydrogen) atoms. The molecule has 3 heteroatoms. The van der Waals surface area contributed by atoms with Crippen LogP contribution in [0.15, 0.2) is 200 Å². The first kappa shape index (κ1) is 31.8. The van der Waals surface area contributed by atoms with Crippen molar-refractivity contribution in [2.75, 3.05) is 0 Å². The normalized spacial score (nSPS) is 13.1. The van der Waals surface area contributed by atoms with E-state index in [-0.39, 0.29) is 0 Å². The van der Waals surface area contributed by atoms with Gasteiger partial charge in [0.2, 0.25) is 0 Å². The molecule has 1 heterocycles. The van der Waals surface area contributed by atoms with E-state index in [0.29, 0.717) is 17.5 Å². The third-order valence-corrected chi connectivity index (χ3v) is 12.1. The molecule has 264 valence electrons. The second kappa shape index (κ2) is 12.3. The van der Waals surface area contributed by atoms with Crippen LogP contribution in [0.5, 0.6) is 0 Å². The Labute approximate surface area is 330 Å². The van der Waals surface area contributed by atoms with Crippen molar-refractivity contribution in [2.24, 2.45) is 0 Å². The number of hydrogen-bond acceptors (Lipinski definition) is 3. The van der Waals surface area contributed by atoms with E-state index in [2.05, 4.69) is 140 Å². The average molecular weight is 724 g/mol. The maximum Gasteiger partial charge on any atom is 0.164 e. The minimum absolute atomic E-state index is 0.419. The molecule has 9 aromatic carbocycles. The second-order valence-corrected chi connectivity index (χ2v) is 15.2. The van der Waals surface area contributed by atoms with Crippen LogP contribution in [0.2, 0.25) is 0 Å². The van der Waals surface area contributed by atoms with E-state index in [1.807, 2.05) is 60.7 Å². The molecule has 0 saturated carbocycles. The van der Waals surface area contributed by atoms with Gasteiger partial charge in [-0.15, -0.1) is 0 Å². The molecular formula is C54H33N3. The Morgan fingerprint density at radius 1 is 0.246 bits per heavy atom. The molecule has 1 aromatic heterocycles. The molecular weight excluding hydrogens is 691 g/mol. The van der Waals surface area contributed by atoms with Crippen molar-refractivity contribution < 1.29 is 0 Å². The van der Waals surface area contributed by atoms with Crippen LogP contribution in [0.4, 0.5) is 0 Å². The molecule has 0 bridgehead atoms. The van der Waals surface area contributed by atoms with Crippen LogP contribution in [0, 0.1) is 0 Å². The lowest BCUT2D eigenvalue weighted by Crippen LogP contribution is -2.25. The predicted molar refractivity (Wildman–Crippen MR) is 233 cm³/mol. The van der Waals surface area contributed by atoms with Crippen molar-refractivity contribution in [3.05, 3.63) is 222 Å². The molecule has 0 aliphatic heterocycles. The first-order chi connectivity index (χ1) is 28.2. The number of fused-ring (bicyclic) bond motifs is 12. The molecule has 10 aromatic rings. The van der Waals surface area contributed by atoms with Crippen LogP contribution >= 0.6 is 0 Å². The summed E-state index contributed by atoms with van der Waals surface area (Å²) in [6.45, 7) is 0. The number of hydrogen-bond donors (Lipinski definition) is 0. The van der Waals surface area contributed by atoms with Crippen molar-refractivity contribution in [2.45, 2.75) is 5.41 Å². The lowest BCUT2D eigenvalue weighted by atomic mass is 9.70.